The fourth-order valence-electron chi connectivity index (χ4n) is 4.54. The summed E-state index contributed by atoms with van der Waals surface area (Å²) in [5.74, 6) is 0.562. The molecule has 0 aliphatic rings. The van der Waals surface area contributed by atoms with Gasteiger partial charge in [-0.25, -0.2) is 4.98 Å². The van der Waals surface area contributed by atoms with E-state index in [0.29, 0.717) is 35.3 Å². The topological polar surface area (TPSA) is 55.2 Å². The Morgan fingerprint density at radius 1 is 0.914 bits per heavy atom. The van der Waals surface area contributed by atoms with Crippen LogP contribution in [0.2, 0.25) is 0 Å². The number of para-hydroxylation sites is 1. The number of unbranched alkanes of at least 4 members (excludes halogenated alkanes) is 2. The molecule has 5 heteroatoms. The zero-order valence-corrected chi connectivity index (χ0v) is 20.8. The lowest BCUT2D eigenvalue weighted by molar-refractivity contribution is 0.0655. The lowest BCUT2D eigenvalue weighted by Crippen LogP contribution is -2.39. The second-order valence-corrected chi connectivity index (χ2v) is 8.96. The first-order valence-electron chi connectivity index (χ1n) is 12.5. The van der Waals surface area contributed by atoms with Crippen LogP contribution in [0.4, 0.5) is 0 Å². The van der Waals surface area contributed by atoms with Crippen molar-refractivity contribution in [1.82, 2.24) is 14.5 Å². The van der Waals surface area contributed by atoms with Crippen molar-refractivity contribution in [1.29, 1.82) is 0 Å². The molecule has 35 heavy (non-hydrogen) atoms. The molecule has 0 bridgehead atoms. The van der Waals surface area contributed by atoms with Crippen LogP contribution in [0.25, 0.3) is 16.6 Å². The maximum Gasteiger partial charge on any atom is 0.266 e. The lowest BCUT2D eigenvalue weighted by atomic mass is 10.1. The quantitative estimate of drug-likeness (QED) is 0.265. The minimum absolute atomic E-state index is 0.0357. The third kappa shape index (κ3) is 5.19. The summed E-state index contributed by atoms with van der Waals surface area (Å²) in [4.78, 5) is 34.5. The van der Waals surface area contributed by atoms with Crippen LogP contribution in [-0.4, -0.2) is 26.9 Å². The summed E-state index contributed by atoms with van der Waals surface area (Å²) in [6.07, 6.45) is 3.63. The number of carbonyl (C=O) groups is 1. The monoisotopic (exact) mass is 467 g/mol. The summed E-state index contributed by atoms with van der Waals surface area (Å²) in [6, 6.07) is 24.4. The molecule has 5 nitrogen and oxygen atoms in total. The van der Waals surface area contributed by atoms with Gasteiger partial charge < -0.3 is 4.90 Å². The van der Waals surface area contributed by atoms with Gasteiger partial charge in [0, 0.05) is 12.1 Å². The van der Waals surface area contributed by atoms with Gasteiger partial charge in [-0.05, 0) is 56.2 Å². The van der Waals surface area contributed by atoms with E-state index in [9.17, 15) is 9.59 Å². The molecule has 0 spiro atoms. The van der Waals surface area contributed by atoms with Gasteiger partial charge in [0.1, 0.15) is 5.82 Å². The summed E-state index contributed by atoms with van der Waals surface area (Å²) in [7, 11) is 0. The highest BCUT2D eigenvalue weighted by atomic mass is 16.2. The summed E-state index contributed by atoms with van der Waals surface area (Å²) < 4.78 is 1.70. The Hall–Kier alpha value is -3.73. The maximum atomic E-state index is 13.8. The van der Waals surface area contributed by atoms with E-state index in [2.05, 4.69) is 13.8 Å². The molecule has 0 saturated heterocycles. The largest absolute Gasteiger partial charge is 0.328 e. The number of benzene rings is 3. The van der Waals surface area contributed by atoms with Crippen molar-refractivity contribution in [3.05, 3.63) is 106 Å². The molecule has 0 radical (unpaired) electrons. The minimum Gasteiger partial charge on any atom is -0.328 e. The Balaban J connectivity index is 1.92. The van der Waals surface area contributed by atoms with Crippen LogP contribution in [0.5, 0.6) is 0 Å². The predicted molar refractivity (Wildman–Crippen MR) is 142 cm³/mol. The number of aryl methyl sites for hydroxylation is 1. The standard InChI is InChI=1S/C30H33N3O2/c1-4-6-12-21-32(29(34)23-13-8-7-9-14-23)27(5-2)28-31-26-16-11-10-15-25(26)30(35)33(28)24-19-17-22(3)18-20-24/h7-11,13-20,27H,4-6,12,21H2,1-3H3. The smallest absolute Gasteiger partial charge is 0.266 e. The number of rotatable bonds is 9. The SMILES string of the molecule is CCCCCN(C(=O)c1ccccc1)C(CC)c1nc2ccccc2c(=O)n1-c1ccc(C)cc1. The highest BCUT2D eigenvalue weighted by Gasteiger charge is 2.29. The molecule has 1 amide bonds. The summed E-state index contributed by atoms with van der Waals surface area (Å²) >= 11 is 0. The average Bonchev–Trinajstić information content (AvgIpc) is 2.89. The highest BCUT2D eigenvalue weighted by molar-refractivity contribution is 5.94. The normalized spacial score (nSPS) is 12.0. The van der Waals surface area contributed by atoms with Gasteiger partial charge in [0.05, 0.1) is 22.6 Å². The molecule has 4 rings (SSSR count). The van der Waals surface area contributed by atoms with Gasteiger partial charge in [0.2, 0.25) is 0 Å². The molecule has 1 aromatic heterocycles. The van der Waals surface area contributed by atoms with E-state index in [0.717, 1.165) is 30.5 Å². The molecule has 4 aromatic rings. The maximum absolute atomic E-state index is 13.8. The summed E-state index contributed by atoms with van der Waals surface area (Å²) in [5, 5.41) is 0.568. The van der Waals surface area contributed by atoms with E-state index in [1.54, 1.807) is 4.57 Å². The Bertz CT molecular complexity index is 1340. The summed E-state index contributed by atoms with van der Waals surface area (Å²) in [6.45, 7) is 6.84. The van der Waals surface area contributed by atoms with Gasteiger partial charge in [-0.15, -0.1) is 0 Å². The van der Waals surface area contributed by atoms with E-state index < -0.39 is 0 Å². The van der Waals surface area contributed by atoms with E-state index in [1.165, 1.54) is 0 Å². The summed E-state index contributed by atoms with van der Waals surface area (Å²) in [5.41, 5.74) is 3.05. The molecule has 1 heterocycles. The number of hydrogen-bond donors (Lipinski definition) is 0. The van der Waals surface area contributed by atoms with Gasteiger partial charge in [-0.3, -0.25) is 14.2 Å². The van der Waals surface area contributed by atoms with Crippen LogP contribution in [0, 0.1) is 6.92 Å². The molecule has 0 N–H and O–H groups in total. The Morgan fingerprint density at radius 3 is 2.29 bits per heavy atom. The molecule has 180 valence electrons. The lowest BCUT2D eigenvalue weighted by Gasteiger charge is -2.32. The third-order valence-corrected chi connectivity index (χ3v) is 6.44. The van der Waals surface area contributed by atoms with Crippen LogP contribution >= 0.6 is 0 Å². The number of amides is 1. The Morgan fingerprint density at radius 2 is 1.60 bits per heavy atom. The molecule has 0 fully saturated rings. The first-order valence-corrected chi connectivity index (χ1v) is 12.5. The second kappa shape index (κ2) is 11.1. The Kier molecular flexibility index (Phi) is 7.76. The van der Waals surface area contributed by atoms with Gasteiger partial charge in [0.15, 0.2) is 0 Å². The van der Waals surface area contributed by atoms with E-state index in [-0.39, 0.29) is 17.5 Å². The minimum atomic E-state index is -0.349. The van der Waals surface area contributed by atoms with Crippen molar-refractivity contribution in [3.63, 3.8) is 0 Å². The van der Waals surface area contributed by atoms with Crippen LogP contribution in [0.15, 0.2) is 83.7 Å². The molecule has 1 atom stereocenters. The van der Waals surface area contributed by atoms with Crippen LogP contribution in [0.1, 0.15) is 67.3 Å². The number of nitrogens with zero attached hydrogens (tertiary/aromatic N) is 3. The molecular formula is C30H33N3O2. The first-order chi connectivity index (χ1) is 17.0. The van der Waals surface area contributed by atoms with Crippen molar-refractivity contribution in [2.45, 2.75) is 52.5 Å². The highest BCUT2D eigenvalue weighted by Crippen LogP contribution is 2.28. The fourth-order valence-corrected chi connectivity index (χ4v) is 4.54. The van der Waals surface area contributed by atoms with Gasteiger partial charge >= 0.3 is 0 Å². The van der Waals surface area contributed by atoms with E-state index in [1.807, 2.05) is 90.7 Å². The predicted octanol–water partition coefficient (Wildman–Crippen LogP) is 6.48. The molecular weight excluding hydrogens is 434 g/mol. The molecule has 3 aromatic carbocycles. The van der Waals surface area contributed by atoms with E-state index in [4.69, 9.17) is 4.98 Å². The molecule has 0 aliphatic heterocycles. The van der Waals surface area contributed by atoms with Crippen LogP contribution in [-0.2, 0) is 0 Å². The van der Waals surface area contributed by atoms with Gasteiger partial charge in [-0.2, -0.15) is 0 Å². The Labute approximate surface area is 207 Å². The second-order valence-electron chi connectivity index (χ2n) is 8.96. The number of carbonyl (C=O) groups excluding carboxylic acids is 1. The van der Waals surface area contributed by atoms with Crippen molar-refractivity contribution in [2.75, 3.05) is 6.54 Å². The average molecular weight is 468 g/mol. The van der Waals surface area contributed by atoms with Crippen molar-refractivity contribution in [3.8, 4) is 5.69 Å². The number of fused-ring (bicyclic) bond motifs is 1. The van der Waals surface area contributed by atoms with Crippen LogP contribution in [0.3, 0.4) is 0 Å². The van der Waals surface area contributed by atoms with Crippen molar-refractivity contribution in [2.24, 2.45) is 0 Å². The van der Waals surface area contributed by atoms with Crippen molar-refractivity contribution < 1.29 is 4.79 Å². The molecule has 0 saturated carbocycles. The van der Waals surface area contributed by atoms with Crippen molar-refractivity contribution >= 4 is 16.8 Å². The number of aromatic nitrogens is 2. The number of hydrogen-bond acceptors (Lipinski definition) is 3. The zero-order valence-electron chi connectivity index (χ0n) is 20.8. The zero-order chi connectivity index (χ0) is 24.8. The first kappa shape index (κ1) is 24.4. The molecule has 1 unspecified atom stereocenters. The third-order valence-electron chi connectivity index (χ3n) is 6.44. The molecule has 0 aliphatic carbocycles. The van der Waals surface area contributed by atoms with Gasteiger partial charge in [-0.1, -0.05) is 74.7 Å². The fraction of sp³-hybridized carbons (Fsp3) is 0.300. The van der Waals surface area contributed by atoms with Crippen LogP contribution < -0.4 is 5.56 Å². The van der Waals surface area contributed by atoms with E-state index >= 15 is 0 Å². The van der Waals surface area contributed by atoms with Gasteiger partial charge in [0.25, 0.3) is 11.5 Å².